The van der Waals surface area contributed by atoms with E-state index in [0.717, 1.165) is 37.3 Å². The Kier molecular flexibility index (Phi) is 6.84. The summed E-state index contributed by atoms with van der Waals surface area (Å²) in [6, 6.07) is 3.94. The van der Waals surface area contributed by atoms with E-state index in [-0.39, 0.29) is 0 Å². The van der Waals surface area contributed by atoms with Crippen LogP contribution in [-0.2, 0) is 11.8 Å². The third-order valence-corrected chi connectivity index (χ3v) is 10.8. The Labute approximate surface area is 125 Å². The molecule has 6 heteroatoms. The Bertz CT molecular complexity index is 437. The lowest BCUT2D eigenvalue weighted by molar-refractivity contribution is 0.112. The van der Waals surface area contributed by atoms with E-state index in [2.05, 4.69) is 37.0 Å². The molecule has 1 aromatic rings. The van der Waals surface area contributed by atoms with Crippen molar-refractivity contribution in [2.45, 2.75) is 27.7 Å². The zero-order valence-corrected chi connectivity index (χ0v) is 14.7. The molecule has 0 saturated heterocycles. The molecule has 0 amide bonds. The summed E-state index contributed by atoms with van der Waals surface area (Å²) in [6.07, 6.45) is -1.01. The van der Waals surface area contributed by atoms with Gasteiger partial charge in [-0.1, -0.05) is 39.5 Å². The highest BCUT2D eigenvalue weighted by molar-refractivity contribution is 8.17. The second-order valence-corrected chi connectivity index (χ2v) is 9.76. The summed E-state index contributed by atoms with van der Waals surface area (Å²) >= 11 is 7.68. The normalized spacial score (nSPS) is 12.3. The second kappa shape index (κ2) is 7.65. The van der Waals surface area contributed by atoms with Crippen LogP contribution >= 0.6 is 17.7 Å². The van der Waals surface area contributed by atoms with Gasteiger partial charge in [-0.25, -0.2) is 0 Å². The lowest BCUT2D eigenvalue weighted by Crippen LogP contribution is -2.36. The van der Waals surface area contributed by atoms with Crippen LogP contribution in [0.3, 0.4) is 0 Å². The van der Waals surface area contributed by atoms with Gasteiger partial charge >= 0.3 is 0 Å². The third kappa shape index (κ3) is 3.34. The Morgan fingerprint density at radius 1 is 1.11 bits per heavy atom. The van der Waals surface area contributed by atoms with E-state index in [4.69, 9.17) is 11.8 Å². The van der Waals surface area contributed by atoms with E-state index in [1.54, 1.807) is 11.3 Å². The summed E-state index contributed by atoms with van der Waals surface area (Å²) in [6.45, 7) is 12.4. The van der Waals surface area contributed by atoms with Crippen molar-refractivity contribution < 1.29 is 4.79 Å². The summed E-state index contributed by atoms with van der Waals surface area (Å²) in [7, 11) is 0. The molecule has 3 nitrogen and oxygen atoms in total. The minimum atomic E-state index is -1.92. The Morgan fingerprint density at radius 2 is 1.58 bits per heavy atom. The summed E-state index contributed by atoms with van der Waals surface area (Å²) in [4.78, 5) is 11.7. The van der Waals surface area contributed by atoms with Crippen LogP contribution in [0.5, 0.6) is 0 Å². The van der Waals surface area contributed by atoms with Crippen LogP contribution in [0, 0.1) is 0 Å². The number of aldehydes is 1. The minimum absolute atomic E-state index is 0.767. The first kappa shape index (κ1) is 17.0. The zero-order chi connectivity index (χ0) is 14.5. The third-order valence-electron chi connectivity index (χ3n) is 3.24. The number of nitrogens with zero attached hydrogens (tertiary/aromatic N) is 2. The summed E-state index contributed by atoms with van der Waals surface area (Å²) in [5.74, 6) is 0. The molecule has 0 spiro atoms. The lowest BCUT2D eigenvalue weighted by atomic mass is 10.5. The van der Waals surface area contributed by atoms with Crippen molar-refractivity contribution in [3.8, 4) is 0 Å². The predicted octanol–water partition coefficient (Wildman–Crippen LogP) is 3.18. The number of hydrogen-bond acceptors (Lipinski definition) is 3. The molecule has 1 heterocycles. The van der Waals surface area contributed by atoms with Gasteiger partial charge in [-0.2, -0.15) is 0 Å². The molecule has 1 aromatic heterocycles. The number of thiophene rings is 1. The molecule has 0 N–H and O–H groups in total. The van der Waals surface area contributed by atoms with Gasteiger partial charge in [0.1, 0.15) is 6.34 Å². The molecular formula is C13H23N2OPS2. The average Bonchev–Trinajstić information content (AvgIpc) is 2.90. The van der Waals surface area contributed by atoms with Gasteiger partial charge < -0.3 is 0 Å². The van der Waals surface area contributed by atoms with E-state index in [9.17, 15) is 4.79 Å². The van der Waals surface area contributed by atoms with Crippen LogP contribution in [0.2, 0.25) is 0 Å². The quantitative estimate of drug-likeness (QED) is 0.542. The topological polar surface area (TPSA) is 23.6 Å². The van der Waals surface area contributed by atoms with Crippen molar-refractivity contribution in [3.63, 3.8) is 0 Å². The maximum absolute atomic E-state index is 10.9. The molecule has 19 heavy (non-hydrogen) atoms. The van der Waals surface area contributed by atoms with E-state index in [1.807, 2.05) is 12.1 Å². The van der Waals surface area contributed by atoms with Gasteiger partial charge in [-0.15, -0.1) is 11.3 Å². The molecule has 0 saturated carbocycles. The first-order valence-electron chi connectivity index (χ1n) is 6.74. The summed E-state index contributed by atoms with van der Waals surface area (Å²) in [5.41, 5.74) is 0. The zero-order valence-electron chi connectivity index (χ0n) is 12.1. The van der Waals surface area contributed by atoms with E-state index >= 15 is 0 Å². The van der Waals surface area contributed by atoms with Crippen molar-refractivity contribution in [2.24, 2.45) is 0 Å². The van der Waals surface area contributed by atoms with Crippen LogP contribution in [0.25, 0.3) is 0 Å². The highest BCUT2D eigenvalue weighted by Gasteiger charge is 2.32. The molecule has 0 aromatic carbocycles. The van der Waals surface area contributed by atoms with Gasteiger partial charge in [-0.3, -0.25) is 14.1 Å². The van der Waals surface area contributed by atoms with Crippen LogP contribution < -0.4 is 4.62 Å². The van der Waals surface area contributed by atoms with Gasteiger partial charge in [0.05, 0.1) is 9.50 Å². The fourth-order valence-corrected chi connectivity index (χ4v) is 8.90. The molecule has 0 aliphatic heterocycles. The highest BCUT2D eigenvalue weighted by atomic mass is 32.4. The molecule has 0 aliphatic rings. The SMILES string of the molecule is CCN(CC)P(=S)(c1ccc(C=O)s1)N(CC)CC. The maximum atomic E-state index is 10.9. The van der Waals surface area contributed by atoms with Gasteiger partial charge in [0.2, 0.25) is 0 Å². The number of hydrogen-bond donors (Lipinski definition) is 0. The van der Waals surface area contributed by atoms with E-state index < -0.39 is 6.34 Å². The molecular weight excluding hydrogens is 295 g/mol. The van der Waals surface area contributed by atoms with Crippen LogP contribution in [0.1, 0.15) is 37.4 Å². The van der Waals surface area contributed by atoms with Crippen LogP contribution in [-0.4, -0.2) is 41.8 Å². The molecule has 0 bridgehead atoms. The van der Waals surface area contributed by atoms with Crippen molar-refractivity contribution in [1.29, 1.82) is 0 Å². The summed E-state index contributed by atoms with van der Waals surface area (Å²) < 4.78 is 5.95. The second-order valence-electron chi connectivity index (χ2n) is 4.12. The average molecular weight is 318 g/mol. The van der Waals surface area contributed by atoms with Crippen LogP contribution in [0.15, 0.2) is 12.1 Å². The number of carbonyl (C=O) groups is 1. The van der Waals surface area contributed by atoms with Crippen molar-refractivity contribution in [1.82, 2.24) is 9.34 Å². The first-order chi connectivity index (χ1) is 9.08. The fraction of sp³-hybridized carbons (Fsp3) is 0.615. The number of rotatable bonds is 8. The standard InChI is InChI=1S/C13H23N2OPS2/c1-5-14(6-2)17(18,15(7-3)8-4)13-10-9-12(11-16)19-13/h9-11H,5-8H2,1-4H3. The molecule has 0 aliphatic carbocycles. The fourth-order valence-electron chi connectivity index (χ4n) is 2.23. The van der Waals surface area contributed by atoms with E-state index in [0.29, 0.717) is 0 Å². The molecule has 0 atom stereocenters. The lowest BCUT2D eigenvalue weighted by Gasteiger charge is -2.40. The van der Waals surface area contributed by atoms with Crippen molar-refractivity contribution in [3.05, 3.63) is 17.0 Å². The molecule has 1 rings (SSSR count). The highest BCUT2D eigenvalue weighted by Crippen LogP contribution is 2.53. The minimum Gasteiger partial charge on any atom is -0.297 e. The Balaban J connectivity index is 3.32. The Morgan fingerprint density at radius 3 is 1.89 bits per heavy atom. The van der Waals surface area contributed by atoms with E-state index in [1.165, 1.54) is 4.62 Å². The molecule has 0 radical (unpaired) electrons. The Hall–Kier alpha value is -0.0600. The van der Waals surface area contributed by atoms with Crippen molar-refractivity contribution in [2.75, 3.05) is 26.2 Å². The molecule has 0 fully saturated rings. The van der Waals surface area contributed by atoms with Crippen LogP contribution in [0.4, 0.5) is 0 Å². The smallest absolute Gasteiger partial charge is 0.160 e. The molecule has 0 unspecified atom stereocenters. The summed E-state index contributed by atoms with van der Waals surface area (Å²) in [5, 5.41) is 0. The molecule has 108 valence electrons. The van der Waals surface area contributed by atoms with Gasteiger partial charge in [0, 0.05) is 26.2 Å². The first-order valence-corrected chi connectivity index (χ1v) is 10.3. The van der Waals surface area contributed by atoms with Gasteiger partial charge in [-0.05, 0) is 12.1 Å². The predicted molar refractivity (Wildman–Crippen MR) is 89.5 cm³/mol. The van der Waals surface area contributed by atoms with Crippen molar-refractivity contribution >= 4 is 40.4 Å². The van der Waals surface area contributed by atoms with Gasteiger partial charge in [0.15, 0.2) is 6.29 Å². The largest absolute Gasteiger partial charge is 0.297 e. The number of carbonyl (C=O) groups excluding carboxylic acids is 1. The maximum Gasteiger partial charge on any atom is 0.160 e. The van der Waals surface area contributed by atoms with Gasteiger partial charge in [0.25, 0.3) is 0 Å². The monoisotopic (exact) mass is 318 g/mol.